The van der Waals surface area contributed by atoms with Crippen LogP contribution in [0.2, 0.25) is 0 Å². The summed E-state index contributed by atoms with van der Waals surface area (Å²) in [6.07, 6.45) is -5.10. The number of halogens is 5. The molecule has 1 N–H and O–H groups in total. The van der Waals surface area contributed by atoms with Crippen LogP contribution in [0.1, 0.15) is 25.0 Å². The van der Waals surface area contributed by atoms with Crippen molar-refractivity contribution in [3.8, 4) is 0 Å². The van der Waals surface area contributed by atoms with Gasteiger partial charge in [0.05, 0.1) is 0 Å². The number of hydrogen-bond donors (Lipinski definition) is 1. The van der Waals surface area contributed by atoms with Gasteiger partial charge < -0.3 is 5.32 Å². The molecule has 0 saturated carbocycles. The van der Waals surface area contributed by atoms with E-state index in [1.807, 2.05) is 0 Å². The maximum absolute atomic E-state index is 12.9. The summed E-state index contributed by atoms with van der Waals surface area (Å²) in [6.45, 7) is 3.43. The van der Waals surface area contributed by atoms with Gasteiger partial charge in [-0.2, -0.15) is 22.0 Å². The Balaban J connectivity index is 3.14. The van der Waals surface area contributed by atoms with Crippen molar-refractivity contribution in [1.29, 1.82) is 0 Å². The number of amides is 1. The standard InChI is InChI=1S/C13H14F5NO/c1-3-8-6-5-7-9(4-2)10(8)19-11(20)12(14,15)13(16,17)18/h5-7H,3-4H2,1-2H3,(H,19,20). The number of alkyl halides is 5. The van der Waals surface area contributed by atoms with Crippen LogP contribution in [0.15, 0.2) is 18.2 Å². The second-order valence-electron chi connectivity index (χ2n) is 4.18. The first-order valence-corrected chi connectivity index (χ1v) is 6.01. The summed E-state index contributed by atoms with van der Waals surface area (Å²) >= 11 is 0. The summed E-state index contributed by atoms with van der Waals surface area (Å²) in [7, 11) is 0. The van der Waals surface area contributed by atoms with Crippen LogP contribution in [-0.4, -0.2) is 18.0 Å². The number of nitrogens with one attached hydrogen (secondary N) is 1. The van der Waals surface area contributed by atoms with Crippen LogP contribution in [0.4, 0.5) is 27.6 Å². The van der Waals surface area contributed by atoms with Gasteiger partial charge in [-0.1, -0.05) is 32.0 Å². The number of carbonyl (C=O) groups excluding carboxylic acids is 1. The van der Waals surface area contributed by atoms with Crippen LogP contribution in [0.5, 0.6) is 0 Å². The zero-order chi connectivity index (χ0) is 15.6. The zero-order valence-electron chi connectivity index (χ0n) is 10.9. The first-order chi connectivity index (χ1) is 9.15. The molecule has 0 aliphatic carbocycles. The van der Waals surface area contributed by atoms with E-state index < -0.39 is 18.0 Å². The number of anilines is 1. The van der Waals surface area contributed by atoms with E-state index in [4.69, 9.17) is 0 Å². The summed E-state index contributed by atoms with van der Waals surface area (Å²) < 4.78 is 62.3. The molecule has 0 atom stereocenters. The zero-order valence-corrected chi connectivity index (χ0v) is 10.9. The SMILES string of the molecule is CCc1cccc(CC)c1NC(=O)C(F)(F)C(F)(F)F. The number of hydrogen-bond acceptors (Lipinski definition) is 1. The Morgan fingerprint density at radius 3 is 1.85 bits per heavy atom. The number of benzene rings is 1. The number of rotatable bonds is 4. The lowest BCUT2D eigenvalue weighted by Crippen LogP contribution is -2.47. The predicted octanol–water partition coefficient (Wildman–Crippen LogP) is 3.95. The maximum Gasteiger partial charge on any atom is 0.463 e. The summed E-state index contributed by atoms with van der Waals surface area (Å²) in [5.41, 5.74) is 1.05. The maximum atomic E-state index is 12.9. The quantitative estimate of drug-likeness (QED) is 0.837. The van der Waals surface area contributed by atoms with E-state index in [-0.39, 0.29) is 5.69 Å². The molecule has 0 spiro atoms. The van der Waals surface area contributed by atoms with Gasteiger partial charge in [0.1, 0.15) is 0 Å². The molecule has 0 heterocycles. The summed E-state index contributed by atoms with van der Waals surface area (Å²) in [4.78, 5) is 11.2. The Morgan fingerprint density at radius 2 is 1.50 bits per heavy atom. The lowest BCUT2D eigenvalue weighted by Gasteiger charge is -2.21. The summed E-state index contributed by atoms with van der Waals surface area (Å²) in [6, 6.07) is 4.80. The number of para-hydroxylation sites is 1. The van der Waals surface area contributed by atoms with Crippen molar-refractivity contribution in [2.45, 2.75) is 38.8 Å². The van der Waals surface area contributed by atoms with Crippen molar-refractivity contribution in [3.63, 3.8) is 0 Å². The van der Waals surface area contributed by atoms with Crippen molar-refractivity contribution in [3.05, 3.63) is 29.3 Å². The Hall–Kier alpha value is -1.66. The van der Waals surface area contributed by atoms with Crippen LogP contribution in [0.3, 0.4) is 0 Å². The highest BCUT2D eigenvalue weighted by molar-refractivity contribution is 5.98. The van der Waals surface area contributed by atoms with Gasteiger partial charge in [-0.25, -0.2) is 0 Å². The van der Waals surface area contributed by atoms with Crippen LogP contribution in [-0.2, 0) is 17.6 Å². The fraction of sp³-hybridized carbons (Fsp3) is 0.462. The largest absolute Gasteiger partial charge is 0.463 e. The Morgan fingerprint density at radius 1 is 1.05 bits per heavy atom. The molecule has 0 saturated heterocycles. The molecule has 1 rings (SSSR count). The van der Waals surface area contributed by atoms with Crippen molar-refractivity contribution in [2.75, 3.05) is 5.32 Å². The normalized spacial score (nSPS) is 12.3. The highest BCUT2D eigenvalue weighted by Gasteiger charge is 2.63. The van der Waals surface area contributed by atoms with Gasteiger partial charge in [0.2, 0.25) is 0 Å². The third-order valence-corrected chi connectivity index (χ3v) is 2.88. The van der Waals surface area contributed by atoms with Crippen LogP contribution in [0.25, 0.3) is 0 Å². The van der Waals surface area contributed by atoms with Gasteiger partial charge in [-0.05, 0) is 24.0 Å². The molecule has 112 valence electrons. The van der Waals surface area contributed by atoms with Gasteiger partial charge in [0.15, 0.2) is 0 Å². The first kappa shape index (κ1) is 16.4. The highest BCUT2D eigenvalue weighted by atomic mass is 19.4. The Kier molecular flexibility index (Phi) is 4.73. The fourth-order valence-corrected chi connectivity index (χ4v) is 1.72. The summed E-state index contributed by atoms with van der Waals surface area (Å²) in [5, 5.41) is 1.72. The van der Waals surface area contributed by atoms with Crippen molar-refractivity contribution < 1.29 is 26.7 Å². The van der Waals surface area contributed by atoms with Gasteiger partial charge in [-0.15, -0.1) is 0 Å². The topological polar surface area (TPSA) is 29.1 Å². The van der Waals surface area contributed by atoms with Crippen molar-refractivity contribution >= 4 is 11.6 Å². The molecule has 0 aliphatic rings. The molecule has 0 radical (unpaired) electrons. The molecule has 1 aromatic carbocycles. The van der Waals surface area contributed by atoms with Gasteiger partial charge >= 0.3 is 18.0 Å². The highest BCUT2D eigenvalue weighted by Crippen LogP contribution is 2.37. The molecule has 2 nitrogen and oxygen atoms in total. The molecule has 0 fully saturated rings. The third kappa shape index (κ3) is 3.08. The Labute approximate surface area is 113 Å². The molecule has 0 unspecified atom stereocenters. The molecule has 0 bridgehead atoms. The average Bonchev–Trinajstić information content (AvgIpc) is 2.37. The van der Waals surface area contributed by atoms with E-state index in [0.717, 1.165) is 0 Å². The third-order valence-electron chi connectivity index (χ3n) is 2.88. The second kappa shape index (κ2) is 5.76. The van der Waals surface area contributed by atoms with E-state index in [1.165, 1.54) is 0 Å². The van der Waals surface area contributed by atoms with Gasteiger partial charge in [-0.3, -0.25) is 4.79 Å². The van der Waals surface area contributed by atoms with Crippen LogP contribution < -0.4 is 5.32 Å². The summed E-state index contributed by atoms with van der Waals surface area (Å²) in [5.74, 6) is -7.78. The molecular formula is C13H14F5NO. The minimum Gasteiger partial charge on any atom is -0.320 e. The first-order valence-electron chi connectivity index (χ1n) is 6.01. The van der Waals surface area contributed by atoms with E-state index in [0.29, 0.717) is 24.0 Å². The fourth-order valence-electron chi connectivity index (χ4n) is 1.72. The molecule has 20 heavy (non-hydrogen) atoms. The van der Waals surface area contributed by atoms with E-state index in [2.05, 4.69) is 0 Å². The Bertz CT molecular complexity index is 474. The van der Waals surface area contributed by atoms with Crippen LogP contribution >= 0.6 is 0 Å². The molecule has 0 aliphatic heterocycles. The van der Waals surface area contributed by atoms with E-state index in [1.54, 1.807) is 37.4 Å². The average molecular weight is 295 g/mol. The smallest absolute Gasteiger partial charge is 0.320 e. The minimum atomic E-state index is -5.91. The van der Waals surface area contributed by atoms with Crippen LogP contribution in [0, 0.1) is 0 Å². The lowest BCUT2D eigenvalue weighted by molar-refractivity contribution is -0.267. The second-order valence-corrected chi connectivity index (χ2v) is 4.18. The van der Waals surface area contributed by atoms with E-state index in [9.17, 15) is 26.7 Å². The number of aryl methyl sites for hydroxylation is 2. The molecular weight excluding hydrogens is 281 g/mol. The molecule has 0 aromatic heterocycles. The van der Waals surface area contributed by atoms with Crippen molar-refractivity contribution in [2.24, 2.45) is 0 Å². The van der Waals surface area contributed by atoms with E-state index >= 15 is 0 Å². The minimum absolute atomic E-state index is 0.0337. The molecule has 7 heteroatoms. The number of carbonyl (C=O) groups is 1. The van der Waals surface area contributed by atoms with Gasteiger partial charge in [0.25, 0.3) is 0 Å². The molecule has 1 amide bonds. The monoisotopic (exact) mass is 295 g/mol. The molecule has 1 aromatic rings. The predicted molar refractivity (Wildman–Crippen MR) is 64.8 cm³/mol. The van der Waals surface area contributed by atoms with Gasteiger partial charge in [0, 0.05) is 5.69 Å². The lowest BCUT2D eigenvalue weighted by atomic mass is 10.0. The van der Waals surface area contributed by atoms with Crippen molar-refractivity contribution in [1.82, 2.24) is 0 Å².